The van der Waals surface area contributed by atoms with Crippen molar-refractivity contribution in [3.8, 4) is 0 Å². The Labute approximate surface area is 156 Å². The van der Waals surface area contributed by atoms with Crippen LogP contribution in [0.25, 0.3) is 0 Å². The van der Waals surface area contributed by atoms with Gasteiger partial charge in [0.2, 0.25) is 11.8 Å². The Kier molecular flexibility index (Phi) is 5.61. The van der Waals surface area contributed by atoms with Crippen LogP contribution in [0.15, 0.2) is 48.5 Å². The van der Waals surface area contributed by atoms with Crippen molar-refractivity contribution in [2.45, 2.75) is 12.8 Å². The molecule has 6 heteroatoms. The van der Waals surface area contributed by atoms with Crippen LogP contribution in [0.3, 0.4) is 0 Å². The second kappa shape index (κ2) is 7.89. The standard InChI is InChI=1S/C19H18Cl2N2O2/c20-13-7-5-12(6-8-13)9-10-22-18(24)14-11-15(14)19(25)23-17-4-2-1-3-16(17)21/h1-8,14-15H,9-11H2,(H,22,24)(H,23,25). The first kappa shape index (κ1) is 17.8. The number of para-hydroxylation sites is 1. The molecular weight excluding hydrogens is 359 g/mol. The van der Waals surface area contributed by atoms with Crippen LogP contribution in [-0.4, -0.2) is 18.4 Å². The van der Waals surface area contributed by atoms with E-state index in [0.29, 0.717) is 28.7 Å². The van der Waals surface area contributed by atoms with Gasteiger partial charge in [0.05, 0.1) is 22.5 Å². The molecule has 4 nitrogen and oxygen atoms in total. The lowest BCUT2D eigenvalue weighted by Crippen LogP contribution is -2.29. The SMILES string of the molecule is O=C(NCCc1ccc(Cl)cc1)C1CC1C(=O)Nc1ccccc1Cl. The Hall–Kier alpha value is -2.04. The third-order valence-electron chi connectivity index (χ3n) is 4.22. The third-order valence-corrected chi connectivity index (χ3v) is 4.80. The summed E-state index contributed by atoms with van der Waals surface area (Å²) in [6.07, 6.45) is 1.30. The van der Waals surface area contributed by atoms with E-state index in [0.717, 1.165) is 12.0 Å². The van der Waals surface area contributed by atoms with E-state index in [1.807, 2.05) is 24.3 Å². The summed E-state index contributed by atoms with van der Waals surface area (Å²) >= 11 is 11.9. The Morgan fingerprint density at radius 2 is 1.64 bits per heavy atom. The van der Waals surface area contributed by atoms with Gasteiger partial charge in [0.1, 0.15) is 0 Å². The molecule has 1 fully saturated rings. The molecule has 2 unspecified atom stereocenters. The summed E-state index contributed by atoms with van der Waals surface area (Å²) in [6.45, 7) is 0.538. The summed E-state index contributed by atoms with van der Waals surface area (Å²) in [5.74, 6) is -0.779. The molecule has 0 aliphatic heterocycles. The number of rotatable bonds is 6. The molecule has 2 aromatic rings. The highest BCUT2D eigenvalue weighted by Gasteiger charge is 2.47. The first-order valence-corrected chi connectivity index (χ1v) is 8.88. The molecule has 1 aliphatic rings. The summed E-state index contributed by atoms with van der Waals surface area (Å²) in [5.41, 5.74) is 1.68. The number of carbonyl (C=O) groups is 2. The minimum atomic E-state index is -0.285. The molecule has 0 saturated heterocycles. The Balaban J connectivity index is 1.43. The van der Waals surface area contributed by atoms with Crippen molar-refractivity contribution in [1.82, 2.24) is 5.32 Å². The molecule has 3 rings (SSSR count). The lowest BCUT2D eigenvalue weighted by molar-refractivity contribution is -0.125. The molecule has 0 spiro atoms. The van der Waals surface area contributed by atoms with Crippen molar-refractivity contribution in [2.75, 3.05) is 11.9 Å². The molecule has 0 heterocycles. The predicted octanol–water partition coefficient (Wildman–Crippen LogP) is 3.93. The van der Waals surface area contributed by atoms with E-state index in [9.17, 15) is 9.59 Å². The number of hydrogen-bond donors (Lipinski definition) is 2. The van der Waals surface area contributed by atoms with Crippen LogP contribution in [0.5, 0.6) is 0 Å². The molecule has 2 N–H and O–H groups in total. The van der Waals surface area contributed by atoms with E-state index in [2.05, 4.69) is 10.6 Å². The monoisotopic (exact) mass is 376 g/mol. The molecule has 25 heavy (non-hydrogen) atoms. The highest BCUT2D eigenvalue weighted by molar-refractivity contribution is 6.33. The van der Waals surface area contributed by atoms with Crippen LogP contribution in [0, 0.1) is 11.8 Å². The molecule has 1 saturated carbocycles. The minimum absolute atomic E-state index is 0.0757. The van der Waals surface area contributed by atoms with Crippen molar-refractivity contribution < 1.29 is 9.59 Å². The van der Waals surface area contributed by atoms with Crippen LogP contribution >= 0.6 is 23.2 Å². The van der Waals surface area contributed by atoms with E-state index in [-0.39, 0.29) is 23.7 Å². The average Bonchev–Trinajstić information content (AvgIpc) is 3.39. The van der Waals surface area contributed by atoms with Gasteiger partial charge < -0.3 is 10.6 Å². The van der Waals surface area contributed by atoms with Crippen LogP contribution in [0.4, 0.5) is 5.69 Å². The summed E-state index contributed by atoms with van der Waals surface area (Å²) < 4.78 is 0. The number of halogens is 2. The van der Waals surface area contributed by atoms with Gasteiger partial charge in [0.25, 0.3) is 0 Å². The fourth-order valence-corrected chi connectivity index (χ4v) is 2.98. The van der Waals surface area contributed by atoms with E-state index in [1.165, 1.54) is 0 Å². The zero-order valence-corrected chi connectivity index (χ0v) is 15.0. The smallest absolute Gasteiger partial charge is 0.228 e. The van der Waals surface area contributed by atoms with Crippen LogP contribution in [0.2, 0.25) is 10.0 Å². The first-order valence-electron chi connectivity index (χ1n) is 8.12. The van der Waals surface area contributed by atoms with Crippen molar-refractivity contribution in [1.29, 1.82) is 0 Å². The molecule has 2 atom stereocenters. The van der Waals surface area contributed by atoms with E-state index < -0.39 is 0 Å². The van der Waals surface area contributed by atoms with Gasteiger partial charge in [0.15, 0.2) is 0 Å². The molecule has 0 bridgehead atoms. The number of hydrogen-bond acceptors (Lipinski definition) is 2. The number of benzene rings is 2. The molecule has 0 aromatic heterocycles. The van der Waals surface area contributed by atoms with Gasteiger partial charge in [-0.1, -0.05) is 47.5 Å². The number of amides is 2. The van der Waals surface area contributed by atoms with Gasteiger partial charge in [-0.25, -0.2) is 0 Å². The van der Waals surface area contributed by atoms with Crippen LogP contribution in [-0.2, 0) is 16.0 Å². The number of carbonyl (C=O) groups excluding carboxylic acids is 2. The van der Waals surface area contributed by atoms with Crippen molar-refractivity contribution in [3.05, 3.63) is 64.1 Å². The van der Waals surface area contributed by atoms with Gasteiger partial charge in [-0.2, -0.15) is 0 Å². The van der Waals surface area contributed by atoms with Crippen molar-refractivity contribution in [3.63, 3.8) is 0 Å². The Bertz CT molecular complexity index is 777. The van der Waals surface area contributed by atoms with Gasteiger partial charge in [-0.15, -0.1) is 0 Å². The van der Waals surface area contributed by atoms with Gasteiger partial charge in [-0.3, -0.25) is 9.59 Å². The number of nitrogens with one attached hydrogen (secondary N) is 2. The quantitative estimate of drug-likeness (QED) is 0.802. The normalized spacial score (nSPS) is 18.5. The topological polar surface area (TPSA) is 58.2 Å². The lowest BCUT2D eigenvalue weighted by Gasteiger charge is -2.07. The summed E-state index contributed by atoms with van der Waals surface area (Å²) in [7, 11) is 0. The second-order valence-corrected chi connectivity index (χ2v) is 6.93. The summed E-state index contributed by atoms with van der Waals surface area (Å²) in [6, 6.07) is 14.6. The maximum absolute atomic E-state index is 12.2. The molecular formula is C19H18Cl2N2O2. The van der Waals surface area contributed by atoms with Gasteiger partial charge in [0, 0.05) is 11.6 Å². The summed E-state index contributed by atoms with van der Waals surface area (Å²) in [5, 5.41) is 6.85. The second-order valence-electron chi connectivity index (χ2n) is 6.09. The maximum Gasteiger partial charge on any atom is 0.228 e. The zero-order chi connectivity index (χ0) is 17.8. The summed E-state index contributed by atoms with van der Waals surface area (Å²) in [4.78, 5) is 24.4. The first-order chi connectivity index (χ1) is 12.0. The zero-order valence-electron chi connectivity index (χ0n) is 13.5. The highest BCUT2D eigenvalue weighted by atomic mass is 35.5. The van der Waals surface area contributed by atoms with Gasteiger partial charge in [-0.05, 0) is 42.7 Å². The fourth-order valence-electron chi connectivity index (χ4n) is 2.67. The van der Waals surface area contributed by atoms with Crippen LogP contribution in [0.1, 0.15) is 12.0 Å². The molecule has 0 radical (unpaired) electrons. The fraction of sp³-hybridized carbons (Fsp3) is 0.263. The highest BCUT2D eigenvalue weighted by Crippen LogP contribution is 2.39. The molecule has 2 aromatic carbocycles. The third kappa shape index (κ3) is 4.74. The van der Waals surface area contributed by atoms with E-state index in [4.69, 9.17) is 23.2 Å². The maximum atomic E-state index is 12.2. The van der Waals surface area contributed by atoms with E-state index >= 15 is 0 Å². The van der Waals surface area contributed by atoms with Crippen molar-refractivity contribution in [2.24, 2.45) is 11.8 Å². The average molecular weight is 377 g/mol. The molecule has 1 aliphatic carbocycles. The predicted molar refractivity (Wildman–Crippen MR) is 99.8 cm³/mol. The minimum Gasteiger partial charge on any atom is -0.356 e. The Morgan fingerprint density at radius 1 is 0.960 bits per heavy atom. The van der Waals surface area contributed by atoms with Crippen molar-refractivity contribution >= 4 is 40.7 Å². The molecule has 2 amide bonds. The van der Waals surface area contributed by atoms with Crippen LogP contribution < -0.4 is 10.6 Å². The lowest BCUT2D eigenvalue weighted by atomic mass is 10.1. The number of anilines is 1. The van der Waals surface area contributed by atoms with E-state index in [1.54, 1.807) is 24.3 Å². The van der Waals surface area contributed by atoms with Gasteiger partial charge >= 0.3 is 0 Å². The largest absolute Gasteiger partial charge is 0.356 e. The molecule has 130 valence electrons. The Morgan fingerprint density at radius 3 is 2.36 bits per heavy atom.